The highest BCUT2D eigenvalue weighted by Gasteiger charge is 2.23. The Labute approximate surface area is 116 Å². The van der Waals surface area contributed by atoms with Crippen LogP contribution >= 0.6 is 0 Å². The Balaban J connectivity index is 2.25. The summed E-state index contributed by atoms with van der Waals surface area (Å²) in [6.07, 6.45) is 4.61. The number of benzene rings is 1. The molecule has 0 unspecified atom stereocenters. The normalized spacial score (nSPS) is 10.5. The standard InChI is InChI=1S/C17H20N2/c1-15(12-17(2,13-18)14-19)8-6-7-11-16-9-4-3-5-10-16/h3-5,9-10H,1,6-8,11-12H2,2H3. The molecule has 2 heteroatoms. The van der Waals surface area contributed by atoms with Crippen molar-refractivity contribution >= 4 is 0 Å². The van der Waals surface area contributed by atoms with E-state index in [9.17, 15) is 0 Å². The number of nitrogens with zero attached hydrogens (tertiary/aromatic N) is 2. The first-order valence-electron chi connectivity index (χ1n) is 6.63. The van der Waals surface area contributed by atoms with Gasteiger partial charge in [0.05, 0.1) is 12.1 Å². The van der Waals surface area contributed by atoms with E-state index in [4.69, 9.17) is 10.5 Å². The summed E-state index contributed by atoms with van der Waals surface area (Å²) in [5.41, 5.74) is 1.43. The van der Waals surface area contributed by atoms with Gasteiger partial charge in [0.1, 0.15) is 5.41 Å². The predicted molar refractivity (Wildman–Crippen MR) is 77.1 cm³/mol. The lowest BCUT2D eigenvalue weighted by Crippen LogP contribution is -2.11. The summed E-state index contributed by atoms with van der Waals surface area (Å²) in [7, 11) is 0. The summed E-state index contributed by atoms with van der Waals surface area (Å²) >= 11 is 0. The summed E-state index contributed by atoms with van der Waals surface area (Å²) in [6.45, 7) is 5.65. The highest BCUT2D eigenvalue weighted by molar-refractivity contribution is 5.17. The van der Waals surface area contributed by atoms with Crippen molar-refractivity contribution in [3.05, 3.63) is 48.0 Å². The fraction of sp³-hybridized carbons (Fsp3) is 0.412. The Morgan fingerprint density at radius 1 is 1.16 bits per heavy atom. The average molecular weight is 252 g/mol. The van der Waals surface area contributed by atoms with Crippen LogP contribution in [0.4, 0.5) is 0 Å². The van der Waals surface area contributed by atoms with Crippen LogP contribution < -0.4 is 0 Å². The molecule has 1 aromatic rings. The molecule has 2 nitrogen and oxygen atoms in total. The minimum atomic E-state index is -0.920. The number of nitriles is 2. The Morgan fingerprint density at radius 3 is 2.37 bits per heavy atom. The van der Waals surface area contributed by atoms with Gasteiger partial charge in [0.25, 0.3) is 0 Å². The van der Waals surface area contributed by atoms with Crippen LogP contribution in [0.2, 0.25) is 0 Å². The van der Waals surface area contributed by atoms with Gasteiger partial charge in [-0.2, -0.15) is 10.5 Å². The molecular weight excluding hydrogens is 232 g/mol. The third kappa shape index (κ3) is 5.40. The third-order valence-corrected chi connectivity index (χ3v) is 3.19. The summed E-state index contributed by atoms with van der Waals surface area (Å²) in [4.78, 5) is 0. The van der Waals surface area contributed by atoms with E-state index in [-0.39, 0.29) is 0 Å². The van der Waals surface area contributed by atoms with E-state index < -0.39 is 5.41 Å². The van der Waals surface area contributed by atoms with Crippen molar-refractivity contribution in [3.8, 4) is 12.1 Å². The molecule has 98 valence electrons. The first-order valence-corrected chi connectivity index (χ1v) is 6.63. The molecule has 0 aliphatic carbocycles. The van der Waals surface area contributed by atoms with Crippen LogP contribution in [-0.2, 0) is 6.42 Å². The smallest absolute Gasteiger partial charge is 0.144 e. The van der Waals surface area contributed by atoms with Crippen molar-refractivity contribution in [3.63, 3.8) is 0 Å². The van der Waals surface area contributed by atoms with Crippen LogP contribution in [0.15, 0.2) is 42.5 Å². The molecule has 0 aliphatic rings. The van der Waals surface area contributed by atoms with Gasteiger partial charge in [-0.25, -0.2) is 0 Å². The lowest BCUT2D eigenvalue weighted by molar-refractivity contribution is 0.557. The second-order valence-corrected chi connectivity index (χ2v) is 5.18. The highest BCUT2D eigenvalue weighted by atomic mass is 14.4. The SMILES string of the molecule is C=C(CCCCc1ccccc1)CC(C)(C#N)C#N. The lowest BCUT2D eigenvalue weighted by atomic mass is 9.85. The molecule has 0 N–H and O–H groups in total. The lowest BCUT2D eigenvalue weighted by Gasteiger charge is -2.13. The van der Waals surface area contributed by atoms with Crippen molar-refractivity contribution in [2.45, 2.75) is 39.0 Å². The van der Waals surface area contributed by atoms with E-state index >= 15 is 0 Å². The van der Waals surface area contributed by atoms with Gasteiger partial charge in [0.15, 0.2) is 0 Å². The van der Waals surface area contributed by atoms with Gasteiger partial charge in [0.2, 0.25) is 0 Å². The molecule has 0 fully saturated rings. The molecule has 19 heavy (non-hydrogen) atoms. The topological polar surface area (TPSA) is 47.6 Å². The zero-order valence-corrected chi connectivity index (χ0v) is 11.5. The Kier molecular flexibility index (Phi) is 5.83. The summed E-state index contributed by atoms with van der Waals surface area (Å²) in [5, 5.41) is 17.9. The molecule has 0 atom stereocenters. The molecule has 0 saturated carbocycles. The van der Waals surface area contributed by atoms with E-state index in [1.807, 2.05) is 6.07 Å². The van der Waals surface area contributed by atoms with Gasteiger partial charge in [-0.3, -0.25) is 0 Å². The first kappa shape index (κ1) is 15.0. The van der Waals surface area contributed by atoms with Gasteiger partial charge in [0, 0.05) is 0 Å². The second kappa shape index (κ2) is 7.39. The van der Waals surface area contributed by atoms with Crippen molar-refractivity contribution in [1.29, 1.82) is 10.5 Å². The third-order valence-electron chi connectivity index (χ3n) is 3.19. The van der Waals surface area contributed by atoms with Crippen molar-refractivity contribution in [2.75, 3.05) is 0 Å². The molecule has 0 spiro atoms. The highest BCUT2D eigenvalue weighted by Crippen LogP contribution is 2.25. The number of hydrogen-bond acceptors (Lipinski definition) is 2. The maximum absolute atomic E-state index is 8.94. The van der Waals surface area contributed by atoms with Gasteiger partial charge >= 0.3 is 0 Å². The molecule has 0 amide bonds. The molecule has 0 aromatic heterocycles. The van der Waals surface area contributed by atoms with E-state index in [2.05, 4.69) is 43.0 Å². The molecule has 1 aromatic carbocycles. The Morgan fingerprint density at radius 2 is 1.79 bits per heavy atom. The molecule has 0 bridgehead atoms. The zero-order chi connectivity index (χ0) is 14.1. The number of rotatable bonds is 7. The fourth-order valence-corrected chi connectivity index (χ4v) is 2.04. The van der Waals surface area contributed by atoms with Gasteiger partial charge in [-0.1, -0.05) is 42.5 Å². The minimum Gasteiger partial charge on any atom is -0.197 e. The van der Waals surface area contributed by atoms with Crippen LogP contribution in [-0.4, -0.2) is 0 Å². The second-order valence-electron chi connectivity index (χ2n) is 5.18. The van der Waals surface area contributed by atoms with E-state index in [0.717, 1.165) is 31.3 Å². The van der Waals surface area contributed by atoms with Crippen LogP contribution in [0.25, 0.3) is 0 Å². The zero-order valence-electron chi connectivity index (χ0n) is 11.5. The maximum atomic E-state index is 8.94. The molecule has 0 saturated heterocycles. The van der Waals surface area contributed by atoms with Gasteiger partial charge in [-0.15, -0.1) is 0 Å². The molecule has 0 radical (unpaired) electrons. The van der Waals surface area contributed by atoms with Crippen molar-refractivity contribution in [2.24, 2.45) is 5.41 Å². The van der Waals surface area contributed by atoms with E-state index in [0.29, 0.717) is 6.42 Å². The Bertz CT molecular complexity index is 474. The van der Waals surface area contributed by atoms with E-state index in [1.165, 1.54) is 5.56 Å². The van der Waals surface area contributed by atoms with Crippen molar-refractivity contribution in [1.82, 2.24) is 0 Å². The molecular formula is C17H20N2. The van der Waals surface area contributed by atoms with Crippen molar-refractivity contribution < 1.29 is 0 Å². The average Bonchev–Trinajstić information content (AvgIpc) is 2.44. The summed E-state index contributed by atoms with van der Waals surface area (Å²) in [5.74, 6) is 0. The number of hydrogen-bond donors (Lipinski definition) is 0. The molecule has 1 rings (SSSR count). The summed E-state index contributed by atoms with van der Waals surface area (Å²) in [6, 6.07) is 14.5. The van der Waals surface area contributed by atoms with Crippen LogP contribution in [0, 0.1) is 28.1 Å². The van der Waals surface area contributed by atoms with Crippen LogP contribution in [0.1, 0.15) is 38.2 Å². The Hall–Kier alpha value is -2.06. The number of unbranched alkanes of at least 4 members (excludes halogenated alkanes) is 1. The molecule has 0 heterocycles. The summed E-state index contributed by atoms with van der Waals surface area (Å²) < 4.78 is 0. The van der Waals surface area contributed by atoms with Gasteiger partial charge < -0.3 is 0 Å². The van der Waals surface area contributed by atoms with Gasteiger partial charge in [-0.05, 0) is 44.6 Å². The quantitative estimate of drug-likeness (QED) is 0.533. The minimum absolute atomic E-state index is 0.478. The number of aryl methyl sites for hydroxylation is 1. The maximum Gasteiger partial charge on any atom is 0.144 e. The molecule has 0 aliphatic heterocycles. The largest absolute Gasteiger partial charge is 0.197 e. The number of allylic oxidation sites excluding steroid dienone is 1. The first-order chi connectivity index (χ1) is 9.09. The fourth-order valence-electron chi connectivity index (χ4n) is 2.04. The van der Waals surface area contributed by atoms with Crippen LogP contribution in [0.3, 0.4) is 0 Å². The van der Waals surface area contributed by atoms with E-state index in [1.54, 1.807) is 6.92 Å². The monoisotopic (exact) mass is 252 g/mol. The predicted octanol–water partition coefficient (Wildman–Crippen LogP) is 4.40. The van der Waals surface area contributed by atoms with Crippen LogP contribution in [0.5, 0.6) is 0 Å².